The molecule has 0 aromatic carbocycles. The van der Waals surface area contributed by atoms with Crippen LogP contribution in [0.3, 0.4) is 0 Å². The first kappa shape index (κ1) is 11.5. The van der Waals surface area contributed by atoms with Crippen LogP contribution in [0.2, 0.25) is 10.1 Å². The van der Waals surface area contributed by atoms with E-state index in [1.165, 1.54) is 0 Å². The molecular weight excluding hydrogens is 176 g/mol. The Balaban J connectivity index is 4.75. The summed E-state index contributed by atoms with van der Waals surface area (Å²) < 4.78 is 0. The molecule has 11 heavy (non-hydrogen) atoms. The van der Waals surface area contributed by atoms with Gasteiger partial charge in [0.15, 0.2) is 0 Å². The molecule has 0 radical (unpaired) electrons. The van der Waals surface area contributed by atoms with E-state index >= 15 is 0 Å². The maximum Gasteiger partial charge on any atom is 0.0713 e. The van der Waals surface area contributed by atoms with E-state index in [1.54, 1.807) is 0 Å². The fourth-order valence-electron chi connectivity index (χ4n) is 1.12. The lowest BCUT2D eigenvalue weighted by molar-refractivity contribution is -0.213. The molecule has 0 bridgehead atoms. The second kappa shape index (κ2) is 2.75. The van der Waals surface area contributed by atoms with E-state index in [4.69, 9.17) is 11.1 Å². The lowest BCUT2D eigenvalue weighted by Gasteiger charge is -2.53. The molecule has 68 valence electrons. The smallest absolute Gasteiger partial charge is 0.0713 e. The summed E-state index contributed by atoms with van der Waals surface area (Å²) in [5.74, 6) is 0. The quantitative estimate of drug-likeness (QED) is 0.429. The fourth-order valence-corrected chi connectivity index (χ4v) is 3.38. The number of rotatable bonds is 0. The van der Waals surface area contributed by atoms with Crippen molar-refractivity contribution >= 4 is 18.7 Å². The lowest BCUT2D eigenvalue weighted by Crippen LogP contribution is -2.58. The standard InChI is InChI=1S/C8H18ClOSi/c1-7(2,3)11(9,10)8(4,5)6/h1-6H3/q-1. The monoisotopic (exact) mass is 193 g/mol. The topological polar surface area (TPSA) is 23.1 Å². The van der Waals surface area contributed by atoms with Gasteiger partial charge in [-0.2, -0.15) is 11.1 Å². The summed E-state index contributed by atoms with van der Waals surface area (Å²) in [6.07, 6.45) is 0. The van der Waals surface area contributed by atoms with Crippen molar-refractivity contribution in [2.75, 3.05) is 0 Å². The van der Waals surface area contributed by atoms with Crippen molar-refractivity contribution in [3.8, 4) is 0 Å². The Labute approximate surface area is 75.6 Å². The summed E-state index contributed by atoms with van der Waals surface area (Å²) in [6, 6.07) is 0. The zero-order chi connectivity index (χ0) is 9.50. The van der Waals surface area contributed by atoms with Gasteiger partial charge >= 0.3 is 0 Å². The van der Waals surface area contributed by atoms with Gasteiger partial charge in [0, 0.05) is 0 Å². The Bertz CT molecular complexity index is 125. The Hall–Kier alpha value is 0.467. The first-order chi connectivity index (χ1) is 4.50. The maximum atomic E-state index is 12.1. The fraction of sp³-hybridized carbons (Fsp3) is 1.00. The summed E-state index contributed by atoms with van der Waals surface area (Å²) in [5.41, 5.74) is 0. The van der Waals surface area contributed by atoms with E-state index in [1.807, 2.05) is 41.5 Å². The molecule has 0 aromatic rings. The lowest BCUT2D eigenvalue weighted by atomic mass is 10.2. The molecule has 0 amide bonds. The molecule has 0 saturated carbocycles. The van der Waals surface area contributed by atoms with Gasteiger partial charge in [-0.1, -0.05) is 41.5 Å². The zero-order valence-corrected chi connectivity index (χ0v) is 10.0. The van der Waals surface area contributed by atoms with E-state index in [2.05, 4.69) is 0 Å². The highest BCUT2D eigenvalue weighted by Gasteiger charge is 2.41. The average molecular weight is 194 g/mol. The zero-order valence-electron chi connectivity index (χ0n) is 8.29. The van der Waals surface area contributed by atoms with Gasteiger partial charge in [-0.15, -0.1) is 0 Å². The van der Waals surface area contributed by atoms with Crippen LogP contribution in [0, 0.1) is 0 Å². The minimum atomic E-state index is -2.88. The van der Waals surface area contributed by atoms with Crippen LogP contribution in [0.4, 0.5) is 0 Å². The second-order valence-corrected chi connectivity index (χ2v) is 10.9. The van der Waals surface area contributed by atoms with Crippen LogP contribution in [0.15, 0.2) is 0 Å². The molecule has 0 atom stereocenters. The summed E-state index contributed by atoms with van der Waals surface area (Å²) in [6.45, 7) is 11.6. The Kier molecular flexibility index (Phi) is 2.87. The first-order valence-corrected chi connectivity index (χ1v) is 6.81. The van der Waals surface area contributed by atoms with Crippen LogP contribution in [0.25, 0.3) is 0 Å². The van der Waals surface area contributed by atoms with E-state index < -0.39 is 7.63 Å². The average Bonchev–Trinajstić information content (AvgIpc) is 1.58. The molecule has 0 heterocycles. The third-order valence-electron chi connectivity index (χ3n) is 1.93. The highest BCUT2D eigenvalue weighted by atomic mass is 35.6. The van der Waals surface area contributed by atoms with Crippen molar-refractivity contribution in [1.29, 1.82) is 0 Å². The highest BCUT2D eigenvalue weighted by Crippen LogP contribution is 2.49. The van der Waals surface area contributed by atoms with Crippen LogP contribution in [-0.2, 0) is 0 Å². The molecule has 0 saturated heterocycles. The molecule has 0 unspecified atom stereocenters. The normalized spacial score (nSPS) is 15.3. The molecule has 0 fully saturated rings. The van der Waals surface area contributed by atoms with Gasteiger partial charge in [-0.05, 0) is 10.1 Å². The second-order valence-electron chi connectivity index (χ2n) is 5.10. The van der Waals surface area contributed by atoms with Gasteiger partial charge in [0.05, 0.1) is 7.63 Å². The summed E-state index contributed by atoms with van der Waals surface area (Å²) in [4.78, 5) is 12.1. The van der Waals surface area contributed by atoms with Gasteiger partial charge in [-0.25, -0.2) is 0 Å². The third-order valence-corrected chi connectivity index (χ3v) is 9.19. The summed E-state index contributed by atoms with van der Waals surface area (Å²) in [7, 11) is -2.88. The van der Waals surface area contributed by atoms with Crippen LogP contribution >= 0.6 is 11.1 Å². The van der Waals surface area contributed by atoms with Crippen molar-refractivity contribution in [2.45, 2.75) is 51.6 Å². The van der Waals surface area contributed by atoms with Gasteiger partial charge in [0.1, 0.15) is 0 Å². The molecule has 1 nitrogen and oxygen atoms in total. The van der Waals surface area contributed by atoms with E-state index in [-0.39, 0.29) is 10.1 Å². The summed E-state index contributed by atoms with van der Waals surface area (Å²) >= 11 is 6.07. The van der Waals surface area contributed by atoms with E-state index in [0.29, 0.717) is 0 Å². The van der Waals surface area contributed by atoms with Crippen molar-refractivity contribution in [3.05, 3.63) is 0 Å². The van der Waals surface area contributed by atoms with Crippen LogP contribution in [-0.4, -0.2) is 7.63 Å². The Morgan fingerprint density at radius 1 is 0.909 bits per heavy atom. The Morgan fingerprint density at radius 2 is 1.09 bits per heavy atom. The molecule has 0 aliphatic rings. The van der Waals surface area contributed by atoms with Gasteiger partial charge in [-0.3, -0.25) is 0 Å². The largest absolute Gasteiger partial charge is 0.846 e. The van der Waals surface area contributed by atoms with Crippen molar-refractivity contribution in [2.24, 2.45) is 0 Å². The van der Waals surface area contributed by atoms with Gasteiger partial charge in [0.2, 0.25) is 0 Å². The molecule has 0 aliphatic heterocycles. The van der Waals surface area contributed by atoms with Crippen LogP contribution < -0.4 is 4.80 Å². The molecule has 0 N–H and O–H groups in total. The van der Waals surface area contributed by atoms with E-state index in [0.717, 1.165) is 0 Å². The van der Waals surface area contributed by atoms with Crippen molar-refractivity contribution in [3.63, 3.8) is 0 Å². The molecule has 0 rings (SSSR count). The van der Waals surface area contributed by atoms with E-state index in [9.17, 15) is 4.80 Å². The number of halogens is 1. The van der Waals surface area contributed by atoms with Crippen molar-refractivity contribution < 1.29 is 4.80 Å². The number of hydrogen-bond acceptors (Lipinski definition) is 1. The third kappa shape index (κ3) is 2.20. The first-order valence-electron chi connectivity index (χ1n) is 3.89. The molecule has 0 aliphatic carbocycles. The highest BCUT2D eigenvalue weighted by molar-refractivity contribution is 7.17. The van der Waals surface area contributed by atoms with Crippen molar-refractivity contribution in [1.82, 2.24) is 0 Å². The Morgan fingerprint density at radius 3 is 1.09 bits per heavy atom. The molecule has 0 spiro atoms. The minimum Gasteiger partial charge on any atom is -0.846 e. The number of hydrogen-bond donors (Lipinski definition) is 0. The summed E-state index contributed by atoms with van der Waals surface area (Å²) in [5, 5.41) is -0.542. The van der Waals surface area contributed by atoms with Gasteiger partial charge < -0.3 is 4.80 Å². The van der Waals surface area contributed by atoms with Crippen LogP contribution in [0.5, 0.6) is 0 Å². The molecule has 3 heteroatoms. The SMILES string of the molecule is CC(C)(C)[Si]([O-])(Cl)C(C)(C)C. The predicted molar refractivity (Wildman–Crippen MR) is 51.0 cm³/mol. The maximum absolute atomic E-state index is 12.1. The van der Waals surface area contributed by atoms with Gasteiger partial charge in [0.25, 0.3) is 0 Å². The van der Waals surface area contributed by atoms with Crippen LogP contribution in [0.1, 0.15) is 41.5 Å². The molecular formula is C8H18ClOSi-. The molecule has 0 aromatic heterocycles. The predicted octanol–water partition coefficient (Wildman–Crippen LogP) is 2.63. The minimum absolute atomic E-state index is 0.271.